The van der Waals surface area contributed by atoms with E-state index in [0.29, 0.717) is 26.2 Å². The number of nitrogens with zero attached hydrogens (tertiary/aromatic N) is 3. The van der Waals surface area contributed by atoms with E-state index < -0.39 is 11.8 Å². The molecule has 2 amide bonds. The van der Waals surface area contributed by atoms with Crippen LogP contribution in [0.15, 0.2) is 0 Å². The van der Waals surface area contributed by atoms with Crippen molar-refractivity contribution >= 4 is 11.8 Å². The molecule has 0 aromatic rings. The van der Waals surface area contributed by atoms with Gasteiger partial charge in [0.25, 0.3) is 0 Å². The molecule has 1 fully saturated rings. The third kappa shape index (κ3) is 3.46. The number of carbonyl (C=O) groups is 2. The molecule has 0 N–H and O–H groups in total. The van der Waals surface area contributed by atoms with Crippen molar-refractivity contribution < 1.29 is 9.59 Å². The number of rotatable bonds is 5. The third-order valence-electron chi connectivity index (χ3n) is 3.31. The zero-order valence-corrected chi connectivity index (χ0v) is 11.4. The molecule has 18 heavy (non-hydrogen) atoms. The number of carbonyl (C=O) groups excluding carboxylic acids is 2. The lowest BCUT2D eigenvalue weighted by Crippen LogP contribution is -2.54. The highest BCUT2D eigenvalue weighted by molar-refractivity contribution is 6.35. The summed E-state index contributed by atoms with van der Waals surface area (Å²) in [5.74, 6) is -0.804. The standard InChI is InChI=1S/C13H21N3O2/c1-4-15-8-9-16(12(18)11(15)17)7-5-6-13(2,3)10-14/h4-9H2,1-3H3. The topological polar surface area (TPSA) is 64.4 Å². The SMILES string of the molecule is CCN1CCN(CCCC(C)(C)C#N)C(=O)C1=O. The van der Waals surface area contributed by atoms with Gasteiger partial charge in [0.05, 0.1) is 11.5 Å². The van der Waals surface area contributed by atoms with Gasteiger partial charge in [0, 0.05) is 26.2 Å². The second kappa shape index (κ2) is 5.85. The van der Waals surface area contributed by atoms with Crippen LogP contribution in [0.4, 0.5) is 0 Å². The van der Waals surface area contributed by atoms with Gasteiger partial charge in [0.2, 0.25) is 0 Å². The van der Waals surface area contributed by atoms with Gasteiger partial charge in [0.15, 0.2) is 0 Å². The van der Waals surface area contributed by atoms with Crippen LogP contribution in [-0.2, 0) is 9.59 Å². The molecule has 0 bridgehead atoms. The van der Waals surface area contributed by atoms with Crippen LogP contribution < -0.4 is 0 Å². The molecule has 0 saturated carbocycles. The Balaban J connectivity index is 2.44. The van der Waals surface area contributed by atoms with Crippen molar-refractivity contribution in [2.24, 2.45) is 5.41 Å². The van der Waals surface area contributed by atoms with E-state index in [0.717, 1.165) is 12.8 Å². The van der Waals surface area contributed by atoms with Crippen molar-refractivity contribution in [2.75, 3.05) is 26.2 Å². The lowest BCUT2D eigenvalue weighted by atomic mass is 9.90. The highest BCUT2D eigenvalue weighted by Crippen LogP contribution is 2.21. The summed E-state index contributed by atoms with van der Waals surface area (Å²) < 4.78 is 0. The van der Waals surface area contributed by atoms with Crippen LogP contribution in [0.1, 0.15) is 33.6 Å². The Bertz CT molecular complexity index is 371. The maximum atomic E-state index is 11.8. The summed E-state index contributed by atoms with van der Waals surface area (Å²) in [5.41, 5.74) is -0.363. The highest BCUT2D eigenvalue weighted by atomic mass is 16.2. The fourth-order valence-corrected chi connectivity index (χ4v) is 2.00. The molecule has 1 aliphatic rings. The molecule has 0 aliphatic carbocycles. The Hall–Kier alpha value is -1.57. The van der Waals surface area contributed by atoms with Gasteiger partial charge in [-0.1, -0.05) is 0 Å². The van der Waals surface area contributed by atoms with Crippen LogP contribution in [0.3, 0.4) is 0 Å². The number of amides is 2. The summed E-state index contributed by atoms with van der Waals surface area (Å²) in [6.07, 6.45) is 1.49. The first-order valence-electron chi connectivity index (χ1n) is 6.40. The minimum atomic E-state index is -0.405. The normalized spacial score (nSPS) is 17.0. The average Bonchev–Trinajstić information content (AvgIpc) is 2.35. The molecule has 0 aromatic heterocycles. The van der Waals surface area contributed by atoms with Crippen molar-refractivity contribution in [2.45, 2.75) is 33.6 Å². The number of likely N-dealkylation sites (N-methyl/N-ethyl adjacent to an activating group) is 1. The van der Waals surface area contributed by atoms with Crippen molar-refractivity contribution in [1.29, 1.82) is 5.26 Å². The van der Waals surface area contributed by atoms with Crippen molar-refractivity contribution in [3.8, 4) is 6.07 Å². The predicted molar refractivity (Wildman–Crippen MR) is 67.5 cm³/mol. The lowest BCUT2D eigenvalue weighted by Gasteiger charge is -2.33. The van der Waals surface area contributed by atoms with E-state index in [4.69, 9.17) is 5.26 Å². The Kier molecular flexibility index (Phi) is 4.71. The predicted octanol–water partition coefficient (Wildman–Crippen LogP) is 1.01. The summed E-state index contributed by atoms with van der Waals surface area (Å²) in [4.78, 5) is 26.6. The molecule has 100 valence electrons. The molecule has 0 spiro atoms. The molecule has 5 nitrogen and oxygen atoms in total. The first-order chi connectivity index (χ1) is 8.41. The quantitative estimate of drug-likeness (QED) is 0.685. The zero-order chi connectivity index (χ0) is 13.8. The average molecular weight is 251 g/mol. The van der Waals surface area contributed by atoms with E-state index in [1.165, 1.54) is 0 Å². The van der Waals surface area contributed by atoms with Crippen LogP contribution in [0, 0.1) is 16.7 Å². The molecule has 5 heteroatoms. The van der Waals surface area contributed by atoms with E-state index in [1.807, 2.05) is 20.8 Å². The van der Waals surface area contributed by atoms with Gasteiger partial charge in [-0.15, -0.1) is 0 Å². The van der Waals surface area contributed by atoms with Crippen LogP contribution in [0.25, 0.3) is 0 Å². The Morgan fingerprint density at radius 3 is 2.33 bits per heavy atom. The van der Waals surface area contributed by atoms with Crippen LogP contribution in [0.2, 0.25) is 0 Å². The fraction of sp³-hybridized carbons (Fsp3) is 0.769. The number of hydrogen-bond donors (Lipinski definition) is 0. The molecule has 1 aliphatic heterocycles. The van der Waals surface area contributed by atoms with Gasteiger partial charge in [-0.3, -0.25) is 9.59 Å². The van der Waals surface area contributed by atoms with Gasteiger partial charge in [-0.05, 0) is 33.6 Å². The first kappa shape index (κ1) is 14.5. The molecule has 1 rings (SSSR count). The molecule has 1 heterocycles. The molecule has 0 radical (unpaired) electrons. The minimum absolute atomic E-state index is 0.363. The van der Waals surface area contributed by atoms with Crippen LogP contribution in [0.5, 0.6) is 0 Å². The molecular formula is C13H21N3O2. The second-order valence-corrected chi connectivity index (χ2v) is 5.28. The summed E-state index contributed by atoms with van der Waals surface area (Å²) in [5, 5.41) is 8.90. The van der Waals surface area contributed by atoms with E-state index in [2.05, 4.69) is 6.07 Å². The van der Waals surface area contributed by atoms with Crippen molar-refractivity contribution in [3.05, 3.63) is 0 Å². The second-order valence-electron chi connectivity index (χ2n) is 5.28. The van der Waals surface area contributed by atoms with Gasteiger partial charge in [-0.2, -0.15) is 5.26 Å². The summed E-state index contributed by atoms with van der Waals surface area (Å²) in [7, 11) is 0. The highest BCUT2D eigenvalue weighted by Gasteiger charge is 2.31. The molecular weight excluding hydrogens is 230 g/mol. The molecule has 0 unspecified atom stereocenters. The Morgan fingerprint density at radius 1 is 1.22 bits per heavy atom. The Labute approximate surface area is 108 Å². The molecule has 0 atom stereocenters. The maximum Gasteiger partial charge on any atom is 0.312 e. The largest absolute Gasteiger partial charge is 0.333 e. The Morgan fingerprint density at radius 2 is 1.78 bits per heavy atom. The van der Waals surface area contributed by atoms with Crippen molar-refractivity contribution in [3.63, 3.8) is 0 Å². The number of piperazine rings is 1. The smallest absolute Gasteiger partial charge is 0.312 e. The van der Waals surface area contributed by atoms with E-state index >= 15 is 0 Å². The van der Waals surface area contributed by atoms with Gasteiger partial charge in [0.1, 0.15) is 0 Å². The summed E-state index contributed by atoms with van der Waals surface area (Å²) >= 11 is 0. The van der Waals surface area contributed by atoms with Gasteiger partial charge in [-0.25, -0.2) is 0 Å². The fourth-order valence-electron chi connectivity index (χ4n) is 2.00. The van der Waals surface area contributed by atoms with Gasteiger partial charge < -0.3 is 9.80 Å². The van der Waals surface area contributed by atoms with Crippen LogP contribution in [-0.4, -0.2) is 47.8 Å². The summed E-state index contributed by atoms with van der Waals surface area (Å²) in [6.45, 7) is 8.00. The first-order valence-corrected chi connectivity index (χ1v) is 6.40. The lowest BCUT2D eigenvalue weighted by molar-refractivity contribution is -0.155. The molecule has 1 saturated heterocycles. The maximum absolute atomic E-state index is 11.8. The van der Waals surface area contributed by atoms with Gasteiger partial charge >= 0.3 is 11.8 Å². The summed E-state index contributed by atoms with van der Waals surface area (Å²) in [6, 6.07) is 2.24. The number of hydrogen-bond acceptors (Lipinski definition) is 3. The van der Waals surface area contributed by atoms with E-state index in [9.17, 15) is 9.59 Å². The van der Waals surface area contributed by atoms with Crippen LogP contribution >= 0.6 is 0 Å². The van der Waals surface area contributed by atoms with Crippen molar-refractivity contribution in [1.82, 2.24) is 9.80 Å². The zero-order valence-electron chi connectivity index (χ0n) is 11.4. The third-order valence-corrected chi connectivity index (χ3v) is 3.31. The van der Waals surface area contributed by atoms with E-state index in [-0.39, 0.29) is 5.41 Å². The number of nitriles is 1. The monoisotopic (exact) mass is 251 g/mol. The van der Waals surface area contributed by atoms with E-state index in [1.54, 1.807) is 9.80 Å². The minimum Gasteiger partial charge on any atom is -0.333 e. The molecule has 0 aromatic carbocycles.